The van der Waals surface area contributed by atoms with E-state index >= 15 is 0 Å². The molecule has 0 saturated carbocycles. The van der Waals surface area contributed by atoms with Crippen molar-refractivity contribution < 1.29 is 19.1 Å². The van der Waals surface area contributed by atoms with Crippen molar-refractivity contribution in [3.63, 3.8) is 0 Å². The molecule has 1 N–H and O–H groups in total. The van der Waals surface area contributed by atoms with Gasteiger partial charge in [0.2, 0.25) is 0 Å². The van der Waals surface area contributed by atoms with Gasteiger partial charge in [-0.2, -0.15) is 0 Å². The lowest BCUT2D eigenvalue weighted by atomic mass is 10.0. The summed E-state index contributed by atoms with van der Waals surface area (Å²) in [6.45, 7) is 6.50. The fourth-order valence-corrected chi connectivity index (χ4v) is 3.56. The lowest BCUT2D eigenvalue weighted by Gasteiger charge is -2.32. The van der Waals surface area contributed by atoms with Crippen LogP contribution in [0.5, 0.6) is 11.5 Å². The molecule has 0 radical (unpaired) electrons. The average Bonchev–Trinajstić information content (AvgIpc) is 2.82. The summed E-state index contributed by atoms with van der Waals surface area (Å²) in [6, 6.07) is 14.7. The largest absolute Gasteiger partial charge is 0.490 e. The van der Waals surface area contributed by atoms with Gasteiger partial charge in [-0.1, -0.05) is 32.0 Å². The van der Waals surface area contributed by atoms with Crippen LogP contribution in [0.25, 0.3) is 0 Å². The van der Waals surface area contributed by atoms with Crippen LogP contribution in [0, 0.1) is 0 Å². The van der Waals surface area contributed by atoms with Gasteiger partial charge >= 0.3 is 0 Å². The Morgan fingerprint density at radius 2 is 1.55 bits per heavy atom. The first-order valence-electron chi connectivity index (χ1n) is 11.2. The second-order valence-corrected chi connectivity index (χ2v) is 7.76. The van der Waals surface area contributed by atoms with Crippen molar-refractivity contribution >= 4 is 11.8 Å². The van der Waals surface area contributed by atoms with E-state index in [4.69, 9.17) is 9.47 Å². The Morgan fingerprint density at radius 1 is 0.903 bits per heavy atom. The van der Waals surface area contributed by atoms with E-state index in [0.29, 0.717) is 48.9 Å². The number of nitrogens with zero attached hydrogens (tertiary/aromatic N) is 1. The summed E-state index contributed by atoms with van der Waals surface area (Å²) in [5.74, 6) is 1.21. The first-order valence-corrected chi connectivity index (χ1v) is 11.2. The lowest BCUT2D eigenvalue weighted by molar-refractivity contribution is 0.0697. The Labute approximate surface area is 184 Å². The van der Waals surface area contributed by atoms with E-state index < -0.39 is 0 Å². The number of nitrogens with one attached hydrogen (secondary N) is 1. The monoisotopic (exact) mass is 424 g/mol. The van der Waals surface area contributed by atoms with E-state index in [1.54, 1.807) is 24.3 Å². The van der Waals surface area contributed by atoms with E-state index in [1.807, 2.05) is 36.1 Å². The SMILES string of the molecule is CCCOc1ccc(C(=O)N2CCC(NC(=O)c3ccccc3)CC2)cc1OCCC. The Morgan fingerprint density at radius 3 is 2.19 bits per heavy atom. The highest BCUT2D eigenvalue weighted by molar-refractivity contribution is 5.95. The Balaban J connectivity index is 1.58. The molecule has 0 unspecified atom stereocenters. The number of ether oxygens (including phenoxy) is 2. The molecule has 2 aromatic carbocycles. The van der Waals surface area contributed by atoms with Crippen LogP contribution in [-0.2, 0) is 0 Å². The summed E-state index contributed by atoms with van der Waals surface area (Å²) in [7, 11) is 0. The van der Waals surface area contributed by atoms with E-state index in [0.717, 1.165) is 25.7 Å². The number of likely N-dealkylation sites (tertiary alicyclic amines) is 1. The fraction of sp³-hybridized carbons (Fsp3) is 0.440. The summed E-state index contributed by atoms with van der Waals surface area (Å²) in [6.07, 6.45) is 3.26. The molecule has 6 heteroatoms. The molecule has 0 spiro atoms. The topological polar surface area (TPSA) is 67.9 Å². The highest BCUT2D eigenvalue weighted by Crippen LogP contribution is 2.30. The molecule has 1 aliphatic rings. The maximum Gasteiger partial charge on any atom is 0.253 e. The molecule has 3 rings (SSSR count). The highest BCUT2D eigenvalue weighted by atomic mass is 16.5. The average molecular weight is 425 g/mol. The molecular weight excluding hydrogens is 392 g/mol. The number of hydrogen-bond donors (Lipinski definition) is 1. The predicted molar refractivity (Wildman–Crippen MR) is 121 cm³/mol. The Kier molecular flexibility index (Phi) is 8.33. The third kappa shape index (κ3) is 6.23. The van der Waals surface area contributed by atoms with Gasteiger partial charge < -0.3 is 19.7 Å². The fourth-order valence-electron chi connectivity index (χ4n) is 3.56. The molecule has 0 atom stereocenters. The molecule has 0 aromatic heterocycles. The number of hydrogen-bond acceptors (Lipinski definition) is 4. The molecule has 0 bridgehead atoms. The number of rotatable bonds is 9. The maximum absolute atomic E-state index is 13.0. The first kappa shape index (κ1) is 22.7. The van der Waals surface area contributed by atoms with Gasteiger partial charge in [0, 0.05) is 30.3 Å². The number of carbonyl (C=O) groups excluding carboxylic acids is 2. The number of benzene rings is 2. The third-order valence-corrected chi connectivity index (χ3v) is 5.27. The van der Waals surface area contributed by atoms with Gasteiger partial charge in [0.25, 0.3) is 11.8 Å². The van der Waals surface area contributed by atoms with Crippen molar-refractivity contribution in [3.05, 3.63) is 59.7 Å². The summed E-state index contributed by atoms with van der Waals surface area (Å²) >= 11 is 0. The quantitative estimate of drug-likeness (QED) is 0.652. The molecule has 166 valence electrons. The first-order chi connectivity index (χ1) is 15.1. The van der Waals surface area contributed by atoms with Gasteiger partial charge in [0.1, 0.15) is 0 Å². The van der Waals surface area contributed by atoms with Crippen LogP contribution >= 0.6 is 0 Å². The molecule has 6 nitrogen and oxygen atoms in total. The molecule has 1 fully saturated rings. The highest BCUT2D eigenvalue weighted by Gasteiger charge is 2.25. The smallest absolute Gasteiger partial charge is 0.253 e. The zero-order valence-electron chi connectivity index (χ0n) is 18.4. The van der Waals surface area contributed by atoms with Crippen LogP contribution in [0.15, 0.2) is 48.5 Å². The van der Waals surface area contributed by atoms with Gasteiger partial charge in [-0.15, -0.1) is 0 Å². The minimum Gasteiger partial charge on any atom is -0.490 e. The van der Waals surface area contributed by atoms with Crippen LogP contribution in [-0.4, -0.2) is 49.1 Å². The minimum absolute atomic E-state index is 0.0174. The maximum atomic E-state index is 13.0. The molecule has 1 aliphatic heterocycles. The van der Waals surface area contributed by atoms with Crippen molar-refractivity contribution in [3.8, 4) is 11.5 Å². The molecule has 1 saturated heterocycles. The van der Waals surface area contributed by atoms with Gasteiger partial charge in [0.05, 0.1) is 13.2 Å². The Hall–Kier alpha value is -3.02. The normalized spacial score (nSPS) is 14.2. The summed E-state index contributed by atoms with van der Waals surface area (Å²) < 4.78 is 11.6. The van der Waals surface area contributed by atoms with Gasteiger partial charge in [0.15, 0.2) is 11.5 Å². The number of piperidine rings is 1. The van der Waals surface area contributed by atoms with Crippen LogP contribution in [0.1, 0.15) is 60.2 Å². The standard InChI is InChI=1S/C25H32N2O4/c1-3-16-30-22-11-10-20(18-23(22)31-17-4-2)25(29)27-14-12-21(13-15-27)26-24(28)19-8-6-5-7-9-19/h5-11,18,21H,3-4,12-17H2,1-2H3,(H,26,28). The van der Waals surface area contributed by atoms with E-state index in [-0.39, 0.29) is 17.9 Å². The van der Waals surface area contributed by atoms with Crippen molar-refractivity contribution in [2.24, 2.45) is 0 Å². The van der Waals surface area contributed by atoms with Gasteiger partial charge in [-0.05, 0) is 56.0 Å². The van der Waals surface area contributed by atoms with Crippen molar-refractivity contribution in [2.75, 3.05) is 26.3 Å². The van der Waals surface area contributed by atoms with Crippen LogP contribution in [0.4, 0.5) is 0 Å². The predicted octanol–water partition coefficient (Wildman–Crippen LogP) is 4.30. The van der Waals surface area contributed by atoms with Crippen molar-refractivity contribution in [1.29, 1.82) is 0 Å². The van der Waals surface area contributed by atoms with E-state index in [9.17, 15) is 9.59 Å². The van der Waals surface area contributed by atoms with E-state index in [1.165, 1.54) is 0 Å². The Bertz CT molecular complexity index is 861. The second kappa shape index (κ2) is 11.4. The molecule has 2 amide bonds. The zero-order chi connectivity index (χ0) is 22.1. The van der Waals surface area contributed by atoms with Gasteiger partial charge in [-0.25, -0.2) is 0 Å². The van der Waals surface area contributed by atoms with Crippen molar-refractivity contribution in [1.82, 2.24) is 10.2 Å². The minimum atomic E-state index is -0.0641. The third-order valence-electron chi connectivity index (χ3n) is 5.27. The number of amides is 2. The molecular formula is C25H32N2O4. The van der Waals surface area contributed by atoms with Gasteiger partial charge in [-0.3, -0.25) is 9.59 Å². The molecule has 31 heavy (non-hydrogen) atoms. The van der Waals surface area contributed by atoms with E-state index in [2.05, 4.69) is 12.2 Å². The van der Waals surface area contributed by atoms with Crippen LogP contribution in [0.3, 0.4) is 0 Å². The van der Waals surface area contributed by atoms with Crippen LogP contribution < -0.4 is 14.8 Å². The summed E-state index contributed by atoms with van der Waals surface area (Å²) in [5.41, 5.74) is 1.26. The van der Waals surface area contributed by atoms with Crippen LogP contribution in [0.2, 0.25) is 0 Å². The summed E-state index contributed by atoms with van der Waals surface area (Å²) in [4.78, 5) is 27.3. The second-order valence-electron chi connectivity index (χ2n) is 7.76. The lowest BCUT2D eigenvalue weighted by Crippen LogP contribution is -2.46. The zero-order valence-corrected chi connectivity index (χ0v) is 18.4. The van der Waals surface area contributed by atoms with Crippen molar-refractivity contribution in [2.45, 2.75) is 45.6 Å². The molecule has 1 heterocycles. The molecule has 2 aromatic rings. The summed E-state index contributed by atoms with van der Waals surface area (Å²) in [5, 5.41) is 3.08. The molecule has 0 aliphatic carbocycles. The number of carbonyl (C=O) groups is 2.